The summed E-state index contributed by atoms with van der Waals surface area (Å²) in [7, 11) is -5.21. The third-order valence-electron chi connectivity index (χ3n) is 2.62. The van der Waals surface area contributed by atoms with Crippen LogP contribution in [0.5, 0.6) is 0 Å². The first-order valence-electron chi connectivity index (χ1n) is 5.65. The average molecular weight is 295 g/mol. The molecule has 0 saturated carbocycles. The number of para-hydroxylation sites is 1. The zero-order valence-corrected chi connectivity index (χ0v) is 11.4. The maximum absolute atomic E-state index is 14.1. The highest BCUT2D eigenvalue weighted by atomic mass is 31.2. The summed E-state index contributed by atoms with van der Waals surface area (Å²) >= 11 is 0. The van der Waals surface area contributed by atoms with Crippen molar-refractivity contribution >= 4 is 13.3 Å². The molecule has 0 aromatic heterocycles. The molecule has 0 aliphatic carbocycles. The summed E-state index contributed by atoms with van der Waals surface area (Å²) in [5, 5.41) is 8.78. The Balaban J connectivity index is 3.18. The Morgan fingerprint density at radius 1 is 1.47 bits per heavy atom. The van der Waals surface area contributed by atoms with Crippen LogP contribution in [0.25, 0.3) is 0 Å². The van der Waals surface area contributed by atoms with Crippen molar-refractivity contribution in [2.45, 2.75) is 32.0 Å². The zero-order chi connectivity index (χ0) is 14.7. The predicted molar refractivity (Wildman–Crippen MR) is 66.4 cm³/mol. The highest BCUT2D eigenvalue weighted by Crippen LogP contribution is 2.64. The van der Waals surface area contributed by atoms with Gasteiger partial charge in [0.25, 0.3) is 0 Å². The lowest BCUT2D eigenvalue weighted by atomic mass is 10.2. The smallest absolute Gasteiger partial charge is 0.320 e. The molecule has 2 atom stereocenters. The number of rotatable bonds is 6. The third kappa shape index (κ3) is 3.30. The number of halogens is 2. The number of nitrogens with one attached hydrogen (secondary N) is 1. The standard InChI is InChI=1S/C11H16F2NO4P/c1-3-8(2)18-19(16,17)11(12,13)9-6-4-5-7-10(9)14-15/h4-8,14-15H,3H2,1-2H3,(H,16,17). The van der Waals surface area contributed by atoms with Gasteiger partial charge < -0.3 is 9.42 Å². The van der Waals surface area contributed by atoms with Gasteiger partial charge in [-0.15, -0.1) is 0 Å². The molecular formula is C11H16F2NO4P. The van der Waals surface area contributed by atoms with E-state index in [0.717, 1.165) is 12.1 Å². The number of hydrogen-bond acceptors (Lipinski definition) is 4. The fourth-order valence-electron chi connectivity index (χ4n) is 1.38. The van der Waals surface area contributed by atoms with Gasteiger partial charge in [-0.2, -0.15) is 8.78 Å². The van der Waals surface area contributed by atoms with Gasteiger partial charge in [-0.05, 0) is 19.4 Å². The zero-order valence-electron chi connectivity index (χ0n) is 10.5. The molecule has 0 spiro atoms. The Hall–Kier alpha value is -1.01. The summed E-state index contributed by atoms with van der Waals surface area (Å²) in [6, 6.07) is 4.77. The molecule has 8 heteroatoms. The lowest BCUT2D eigenvalue weighted by Crippen LogP contribution is -2.20. The van der Waals surface area contributed by atoms with Crippen molar-refractivity contribution in [1.82, 2.24) is 0 Å². The van der Waals surface area contributed by atoms with E-state index in [2.05, 4.69) is 4.52 Å². The van der Waals surface area contributed by atoms with E-state index in [9.17, 15) is 18.2 Å². The van der Waals surface area contributed by atoms with E-state index < -0.39 is 24.9 Å². The van der Waals surface area contributed by atoms with Crippen LogP contribution in [0.3, 0.4) is 0 Å². The first kappa shape index (κ1) is 16.0. The molecule has 0 amide bonds. The number of alkyl halides is 2. The molecule has 0 fully saturated rings. The van der Waals surface area contributed by atoms with Crippen molar-refractivity contribution in [3.8, 4) is 0 Å². The molecule has 1 aromatic rings. The van der Waals surface area contributed by atoms with E-state index in [-0.39, 0.29) is 5.69 Å². The van der Waals surface area contributed by atoms with Crippen molar-refractivity contribution in [1.29, 1.82) is 0 Å². The largest absolute Gasteiger partial charge is 0.402 e. The maximum atomic E-state index is 14.1. The van der Waals surface area contributed by atoms with Crippen molar-refractivity contribution in [2.24, 2.45) is 0 Å². The van der Waals surface area contributed by atoms with Crippen molar-refractivity contribution in [3.63, 3.8) is 0 Å². The maximum Gasteiger partial charge on any atom is 0.402 e. The Kier molecular flexibility index (Phi) is 5.04. The van der Waals surface area contributed by atoms with Gasteiger partial charge in [-0.1, -0.05) is 25.1 Å². The minimum atomic E-state index is -5.21. The third-order valence-corrected chi connectivity index (χ3v) is 4.22. The molecule has 0 heterocycles. The highest BCUT2D eigenvalue weighted by Gasteiger charge is 2.54. The minimum absolute atomic E-state index is 0.320. The van der Waals surface area contributed by atoms with Crippen LogP contribution < -0.4 is 5.48 Å². The summed E-state index contributed by atoms with van der Waals surface area (Å²) in [5.41, 5.74) is -3.70. The van der Waals surface area contributed by atoms with E-state index in [1.165, 1.54) is 19.1 Å². The molecule has 5 nitrogen and oxygen atoms in total. The van der Waals surface area contributed by atoms with Gasteiger partial charge in [0.1, 0.15) is 0 Å². The predicted octanol–water partition coefficient (Wildman–Crippen LogP) is 3.54. The molecule has 1 aromatic carbocycles. The summed E-state index contributed by atoms with van der Waals surface area (Å²) < 4.78 is 44.5. The van der Waals surface area contributed by atoms with E-state index in [4.69, 9.17) is 5.21 Å². The molecule has 0 aliphatic heterocycles. The fraction of sp³-hybridized carbons (Fsp3) is 0.455. The SMILES string of the molecule is CCC(C)OP(=O)(O)C(F)(F)c1ccccc1NO. The van der Waals surface area contributed by atoms with E-state index in [0.29, 0.717) is 6.42 Å². The Morgan fingerprint density at radius 2 is 2.05 bits per heavy atom. The Bertz CT molecular complexity index is 484. The highest BCUT2D eigenvalue weighted by molar-refractivity contribution is 7.53. The first-order chi connectivity index (χ1) is 8.76. The van der Waals surface area contributed by atoms with E-state index in [1.807, 2.05) is 0 Å². The lowest BCUT2D eigenvalue weighted by Gasteiger charge is -2.26. The van der Waals surface area contributed by atoms with Crippen LogP contribution in [0.4, 0.5) is 14.5 Å². The van der Waals surface area contributed by atoms with Crippen molar-refractivity contribution in [3.05, 3.63) is 29.8 Å². The van der Waals surface area contributed by atoms with Gasteiger partial charge in [-0.25, -0.2) is 0 Å². The normalized spacial score (nSPS) is 16.7. The van der Waals surface area contributed by atoms with Crippen LogP contribution in [0.1, 0.15) is 25.8 Å². The van der Waals surface area contributed by atoms with Gasteiger partial charge in [0.15, 0.2) is 0 Å². The molecule has 108 valence electrons. The molecule has 3 N–H and O–H groups in total. The van der Waals surface area contributed by atoms with Crippen LogP contribution in [0.15, 0.2) is 24.3 Å². The number of benzene rings is 1. The lowest BCUT2D eigenvalue weighted by molar-refractivity contribution is 0.0349. The summed E-state index contributed by atoms with van der Waals surface area (Å²) in [6.45, 7) is 3.07. The van der Waals surface area contributed by atoms with Gasteiger partial charge >= 0.3 is 13.3 Å². The van der Waals surface area contributed by atoms with E-state index in [1.54, 1.807) is 12.4 Å². The van der Waals surface area contributed by atoms with Gasteiger partial charge in [0.05, 0.1) is 17.4 Å². The summed E-state index contributed by atoms with van der Waals surface area (Å²) in [6.07, 6.45) is -0.462. The molecule has 0 saturated heterocycles. The first-order valence-corrected chi connectivity index (χ1v) is 7.22. The molecule has 0 aliphatic rings. The molecule has 2 unspecified atom stereocenters. The molecule has 0 radical (unpaired) electrons. The minimum Gasteiger partial charge on any atom is -0.320 e. The number of hydrogen-bond donors (Lipinski definition) is 3. The summed E-state index contributed by atoms with van der Waals surface area (Å²) in [5.74, 6) is 0. The van der Waals surface area contributed by atoms with Crippen LogP contribution >= 0.6 is 7.60 Å². The molecular weight excluding hydrogens is 279 g/mol. The quantitative estimate of drug-likeness (QED) is 0.552. The second-order valence-corrected chi connectivity index (χ2v) is 5.86. The van der Waals surface area contributed by atoms with Crippen LogP contribution in [0.2, 0.25) is 0 Å². The Labute approximate surface area is 109 Å². The Morgan fingerprint density at radius 3 is 2.58 bits per heavy atom. The monoisotopic (exact) mass is 295 g/mol. The van der Waals surface area contributed by atoms with Crippen molar-refractivity contribution < 1.29 is 28.0 Å². The van der Waals surface area contributed by atoms with Crippen molar-refractivity contribution in [2.75, 3.05) is 5.48 Å². The molecule has 0 bridgehead atoms. The molecule has 19 heavy (non-hydrogen) atoms. The number of anilines is 1. The molecule has 1 rings (SSSR count). The van der Waals surface area contributed by atoms with Gasteiger partial charge in [0, 0.05) is 0 Å². The van der Waals surface area contributed by atoms with Gasteiger partial charge in [0.2, 0.25) is 0 Å². The van der Waals surface area contributed by atoms with Gasteiger partial charge in [-0.3, -0.25) is 15.3 Å². The van der Waals surface area contributed by atoms with Crippen LogP contribution in [-0.4, -0.2) is 16.2 Å². The summed E-state index contributed by atoms with van der Waals surface area (Å²) in [4.78, 5) is 9.49. The fourth-order valence-corrected chi connectivity index (χ4v) is 2.65. The van der Waals surface area contributed by atoms with Crippen LogP contribution in [0, 0.1) is 0 Å². The van der Waals surface area contributed by atoms with Crippen LogP contribution in [-0.2, 0) is 14.8 Å². The average Bonchev–Trinajstić information content (AvgIpc) is 2.37. The second-order valence-electron chi connectivity index (χ2n) is 4.04. The second kappa shape index (κ2) is 5.96. The topological polar surface area (TPSA) is 78.8 Å². The van der Waals surface area contributed by atoms with E-state index >= 15 is 0 Å².